The molecule has 0 saturated carbocycles. The molecule has 5 nitrogen and oxygen atoms in total. The minimum atomic E-state index is 0.248. The molecule has 2 aromatic rings. The zero-order valence-corrected chi connectivity index (χ0v) is 11.5. The maximum Gasteiger partial charge on any atom is 0.0644 e. The summed E-state index contributed by atoms with van der Waals surface area (Å²) in [6.45, 7) is 2.12. The van der Waals surface area contributed by atoms with Crippen molar-refractivity contribution in [2.24, 2.45) is 14.1 Å². The predicted molar refractivity (Wildman–Crippen MR) is 71.3 cm³/mol. The molecule has 0 aromatic carbocycles. The Bertz CT molecular complexity index is 511. The van der Waals surface area contributed by atoms with E-state index in [1.165, 1.54) is 5.69 Å². The smallest absolute Gasteiger partial charge is 0.0644 e. The van der Waals surface area contributed by atoms with Crippen LogP contribution in [0.1, 0.15) is 30.0 Å². The van der Waals surface area contributed by atoms with Crippen LogP contribution >= 0.6 is 0 Å². The summed E-state index contributed by atoms with van der Waals surface area (Å²) >= 11 is 0. The summed E-state index contributed by atoms with van der Waals surface area (Å²) in [7, 11) is 5.92. The summed E-state index contributed by atoms with van der Waals surface area (Å²) in [5, 5.41) is 12.3. The lowest BCUT2D eigenvalue weighted by atomic mass is 10.1. The van der Waals surface area contributed by atoms with E-state index in [1.54, 1.807) is 0 Å². The van der Waals surface area contributed by atoms with Crippen molar-refractivity contribution in [2.45, 2.75) is 25.8 Å². The molecule has 18 heavy (non-hydrogen) atoms. The second-order valence-electron chi connectivity index (χ2n) is 4.56. The number of nitrogens with one attached hydrogen (secondary N) is 1. The second kappa shape index (κ2) is 5.35. The lowest BCUT2D eigenvalue weighted by molar-refractivity contribution is 0.528. The van der Waals surface area contributed by atoms with Crippen LogP contribution < -0.4 is 5.32 Å². The molecular formula is C13H21N5. The molecule has 2 aromatic heterocycles. The van der Waals surface area contributed by atoms with Crippen LogP contribution in [0.3, 0.4) is 0 Å². The molecule has 0 fully saturated rings. The third-order valence-corrected chi connectivity index (χ3v) is 3.22. The predicted octanol–water partition coefficient (Wildman–Crippen LogP) is 1.22. The molecular weight excluding hydrogens is 226 g/mol. The molecule has 1 atom stereocenters. The van der Waals surface area contributed by atoms with Crippen molar-refractivity contribution in [3.63, 3.8) is 0 Å². The molecule has 0 spiro atoms. The van der Waals surface area contributed by atoms with Gasteiger partial charge in [-0.3, -0.25) is 9.36 Å². The SMILES string of the molecule is CCc1cc(C(Cc2ccn(C)n2)NC)n(C)n1. The maximum atomic E-state index is 4.50. The summed E-state index contributed by atoms with van der Waals surface area (Å²) in [5.41, 5.74) is 3.44. The molecule has 0 radical (unpaired) electrons. The van der Waals surface area contributed by atoms with E-state index in [0.29, 0.717) is 0 Å². The highest BCUT2D eigenvalue weighted by molar-refractivity contribution is 5.16. The number of likely N-dealkylation sites (N-methyl/N-ethyl adjacent to an activating group) is 1. The Labute approximate surface area is 108 Å². The lowest BCUT2D eigenvalue weighted by Crippen LogP contribution is -2.21. The number of rotatable bonds is 5. The van der Waals surface area contributed by atoms with Crippen molar-refractivity contribution in [3.8, 4) is 0 Å². The van der Waals surface area contributed by atoms with E-state index in [9.17, 15) is 0 Å². The number of aromatic nitrogens is 4. The van der Waals surface area contributed by atoms with E-state index in [1.807, 2.05) is 36.7 Å². The Kier molecular flexibility index (Phi) is 3.81. The minimum absolute atomic E-state index is 0.248. The summed E-state index contributed by atoms with van der Waals surface area (Å²) < 4.78 is 3.80. The monoisotopic (exact) mass is 247 g/mol. The standard InChI is InChI=1S/C13H21N5/c1-5-10-9-13(18(4)16-10)12(14-2)8-11-6-7-17(3)15-11/h6-7,9,12,14H,5,8H2,1-4H3. The van der Waals surface area contributed by atoms with Gasteiger partial charge in [-0.05, 0) is 25.6 Å². The van der Waals surface area contributed by atoms with Gasteiger partial charge in [-0.2, -0.15) is 10.2 Å². The lowest BCUT2D eigenvalue weighted by Gasteiger charge is -2.15. The fraction of sp³-hybridized carbons (Fsp3) is 0.538. The number of nitrogens with zero attached hydrogens (tertiary/aromatic N) is 4. The normalized spacial score (nSPS) is 12.9. The van der Waals surface area contributed by atoms with Gasteiger partial charge in [0.05, 0.1) is 23.1 Å². The fourth-order valence-electron chi connectivity index (χ4n) is 2.18. The molecule has 2 heterocycles. The number of aryl methyl sites for hydroxylation is 3. The van der Waals surface area contributed by atoms with E-state index in [4.69, 9.17) is 0 Å². The quantitative estimate of drug-likeness (QED) is 0.864. The highest BCUT2D eigenvalue weighted by atomic mass is 15.3. The zero-order chi connectivity index (χ0) is 13.1. The van der Waals surface area contributed by atoms with Crippen molar-refractivity contribution in [1.29, 1.82) is 0 Å². The number of hydrogen-bond acceptors (Lipinski definition) is 3. The molecule has 1 N–H and O–H groups in total. The molecule has 0 bridgehead atoms. The van der Waals surface area contributed by atoms with E-state index >= 15 is 0 Å². The first-order chi connectivity index (χ1) is 8.63. The van der Waals surface area contributed by atoms with Gasteiger partial charge in [-0.25, -0.2) is 0 Å². The first kappa shape index (κ1) is 12.8. The van der Waals surface area contributed by atoms with Gasteiger partial charge in [0.1, 0.15) is 0 Å². The third kappa shape index (κ3) is 2.61. The Morgan fingerprint density at radius 1 is 1.28 bits per heavy atom. The topological polar surface area (TPSA) is 47.7 Å². The summed E-state index contributed by atoms with van der Waals surface area (Å²) in [6, 6.07) is 4.48. The Morgan fingerprint density at radius 2 is 2.06 bits per heavy atom. The number of hydrogen-bond donors (Lipinski definition) is 1. The van der Waals surface area contributed by atoms with Crippen molar-refractivity contribution in [2.75, 3.05) is 7.05 Å². The molecule has 0 saturated heterocycles. The van der Waals surface area contributed by atoms with Gasteiger partial charge in [0, 0.05) is 26.7 Å². The van der Waals surface area contributed by atoms with Crippen LogP contribution in [0.5, 0.6) is 0 Å². The van der Waals surface area contributed by atoms with E-state index in [0.717, 1.165) is 24.2 Å². The molecule has 5 heteroatoms. The summed E-state index contributed by atoms with van der Waals surface area (Å²) in [6.07, 6.45) is 3.82. The maximum absolute atomic E-state index is 4.50. The van der Waals surface area contributed by atoms with Crippen LogP contribution in [0, 0.1) is 0 Å². The average Bonchev–Trinajstić information content (AvgIpc) is 2.92. The Morgan fingerprint density at radius 3 is 2.56 bits per heavy atom. The largest absolute Gasteiger partial charge is 0.311 e. The summed E-state index contributed by atoms with van der Waals surface area (Å²) in [4.78, 5) is 0. The van der Waals surface area contributed by atoms with Gasteiger partial charge in [-0.15, -0.1) is 0 Å². The van der Waals surface area contributed by atoms with Gasteiger partial charge >= 0.3 is 0 Å². The van der Waals surface area contributed by atoms with Gasteiger partial charge in [0.2, 0.25) is 0 Å². The zero-order valence-electron chi connectivity index (χ0n) is 11.5. The molecule has 0 aliphatic rings. The van der Waals surface area contributed by atoms with Gasteiger partial charge in [0.15, 0.2) is 0 Å². The van der Waals surface area contributed by atoms with Gasteiger partial charge in [0.25, 0.3) is 0 Å². The minimum Gasteiger partial charge on any atom is -0.311 e. The Balaban J connectivity index is 2.19. The second-order valence-corrected chi connectivity index (χ2v) is 4.56. The first-order valence-corrected chi connectivity index (χ1v) is 6.32. The third-order valence-electron chi connectivity index (χ3n) is 3.22. The van der Waals surface area contributed by atoms with Crippen LogP contribution in [-0.4, -0.2) is 26.6 Å². The van der Waals surface area contributed by atoms with Crippen LogP contribution in [0.4, 0.5) is 0 Å². The molecule has 1 unspecified atom stereocenters. The van der Waals surface area contributed by atoms with Crippen LogP contribution in [-0.2, 0) is 26.9 Å². The van der Waals surface area contributed by atoms with Crippen LogP contribution in [0.15, 0.2) is 18.3 Å². The summed E-state index contributed by atoms with van der Waals surface area (Å²) in [5.74, 6) is 0. The Hall–Kier alpha value is -1.62. The van der Waals surface area contributed by atoms with E-state index in [2.05, 4.69) is 34.6 Å². The van der Waals surface area contributed by atoms with Crippen molar-refractivity contribution in [3.05, 3.63) is 35.4 Å². The average molecular weight is 247 g/mol. The molecule has 0 aliphatic carbocycles. The van der Waals surface area contributed by atoms with Crippen molar-refractivity contribution < 1.29 is 0 Å². The highest BCUT2D eigenvalue weighted by Gasteiger charge is 2.16. The van der Waals surface area contributed by atoms with Crippen molar-refractivity contribution >= 4 is 0 Å². The fourth-order valence-corrected chi connectivity index (χ4v) is 2.18. The van der Waals surface area contributed by atoms with Gasteiger partial charge < -0.3 is 5.32 Å². The van der Waals surface area contributed by atoms with E-state index < -0.39 is 0 Å². The highest BCUT2D eigenvalue weighted by Crippen LogP contribution is 2.18. The molecule has 0 amide bonds. The molecule has 0 aliphatic heterocycles. The van der Waals surface area contributed by atoms with E-state index in [-0.39, 0.29) is 6.04 Å². The van der Waals surface area contributed by atoms with Crippen LogP contribution in [0.2, 0.25) is 0 Å². The molecule has 2 rings (SSSR count). The molecule has 98 valence electrons. The van der Waals surface area contributed by atoms with Crippen LogP contribution in [0.25, 0.3) is 0 Å². The first-order valence-electron chi connectivity index (χ1n) is 6.32. The van der Waals surface area contributed by atoms with Crippen molar-refractivity contribution in [1.82, 2.24) is 24.9 Å². The van der Waals surface area contributed by atoms with Gasteiger partial charge in [-0.1, -0.05) is 6.92 Å².